The van der Waals surface area contributed by atoms with Gasteiger partial charge in [-0.05, 0) is 17.4 Å². The maximum absolute atomic E-state index is 4.75. The van der Waals surface area contributed by atoms with Crippen LogP contribution in [-0.2, 0) is 17.3 Å². The Kier molecular flexibility index (Phi) is 2.72. The Morgan fingerprint density at radius 1 is 1.06 bits per heavy atom. The molecule has 0 aliphatic carbocycles. The van der Waals surface area contributed by atoms with Crippen LogP contribution >= 0.6 is 0 Å². The van der Waals surface area contributed by atoms with Crippen molar-refractivity contribution in [3.63, 3.8) is 0 Å². The third kappa shape index (κ3) is 2.18. The number of fused-ring (bicyclic) bond motifs is 1. The summed E-state index contributed by atoms with van der Waals surface area (Å²) in [6.45, 7) is 14.6. The summed E-state index contributed by atoms with van der Waals surface area (Å²) in [5, 5.41) is 3.55. The molecule has 0 aromatic carbocycles. The lowest BCUT2D eigenvalue weighted by molar-refractivity contribution is 0.515. The third-order valence-corrected chi connectivity index (χ3v) is 3.31. The van der Waals surface area contributed by atoms with Gasteiger partial charge in [0, 0.05) is 29.4 Å². The molecule has 0 saturated heterocycles. The molecule has 0 radical (unpaired) electrons. The van der Waals surface area contributed by atoms with Gasteiger partial charge in [0.25, 0.3) is 0 Å². The topological polar surface area (TPSA) is 24.9 Å². The van der Waals surface area contributed by atoms with Gasteiger partial charge in [-0.2, -0.15) is 0 Å². The SMILES string of the molecule is CC(C)(C)c1ncc2c(c1C(C)(C)C)NCC2. The second kappa shape index (κ2) is 3.72. The molecule has 2 nitrogen and oxygen atoms in total. The van der Waals surface area contributed by atoms with Gasteiger partial charge < -0.3 is 5.32 Å². The van der Waals surface area contributed by atoms with E-state index in [9.17, 15) is 0 Å². The monoisotopic (exact) mass is 232 g/mol. The van der Waals surface area contributed by atoms with Gasteiger partial charge in [0.2, 0.25) is 0 Å². The van der Waals surface area contributed by atoms with Crippen LogP contribution < -0.4 is 5.32 Å². The minimum Gasteiger partial charge on any atom is -0.384 e. The van der Waals surface area contributed by atoms with Gasteiger partial charge in [-0.3, -0.25) is 4.98 Å². The normalized spacial score (nSPS) is 15.6. The first kappa shape index (κ1) is 12.4. The van der Waals surface area contributed by atoms with Crippen LogP contribution in [0, 0.1) is 0 Å². The standard InChI is InChI=1S/C15H24N2/c1-14(2,3)11-12-10(7-8-16-12)9-17-13(11)15(4,5)6/h9,16H,7-8H2,1-6H3. The van der Waals surface area contributed by atoms with E-state index < -0.39 is 0 Å². The van der Waals surface area contributed by atoms with Gasteiger partial charge >= 0.3 is 0 Å². The molecule has 0 unspecified atom stereocenters. The molecular formula is C15H24N2. The van der Waals surface area contributed by atoms with Crippen molar-refractivity contribution in [1.82, 2.24) is 4.98 Å². The van der Waals surface area contributed by atoms with Gasteiger partial charge in [0.05, 0.1) is 5.69 Å². The fourth-order valence-corrected chi connectivity index (χ4v) is 2.56. The predicted molar refractivity (Wildman–Crippen MR) is 73.8 cm³/mol. The van der Waals surface area contributed by atoms with Crippen molar-refractivity contribution < 1.29 is 0 Å². The molecule has 2 heteroatoms. The van der Waals surface area contributed by atoms with Crippen LogP contribution in [-0.4, -0.2) is 11.5 Å². The Labute approximate surface area is 105 Å². The lowest BCUT2D eigenvalue weighted by atomic mass is 9.77. The molecule has 1 aliphatic rings. The minimum absolute atomic E-state index is 0.0991. The molecule has 1 aliphatic heterocycles. The van der Waals surface area contributed by atoms with Crippen LogP contribution in [0.4, 0.5) is 5.69 Å². The summed E-state index contributed by atoms with van der Waals surface area (Å²) in [5.41, 5.74) is 5.60. The van der Waals surface area contributed by atoms with Crippen molar-refractivity contribution >= 4 is 5.69 Å². The summed E-state index contributed by atoms with van der Waals surface area (Å²) < 4.78 is 0. The molecule has 1 N–H and O–H groups in total. The van der Waals surface area contributed by atoms with Crippen molar-refractivity contribution in [1.29, 1.82) is 0 Å². The zero-order valence-electron chi connectivity index (χ0n) is 11.9. The summed E-state index contributed by atoms with van der Waals surface area (Å²) in [6.07, 6.45) is 3.17. The summed E-state index contributed by atoms with van der Waals surface area (Å²) in [5.74, 6) is 0. The maximum Gasteiger partial charge on any atom is 0.0515 e. The number of anilines is 1. The lowest BCUT2D eigenvalue weighted by Gasteiger charge is -2.31. The Morgan fingerprint density at radius 2 is 1.71 bits per heavy atom. The summed E-state index contributed by atoms with van der Waals surface area (Å²) in [6, 6.07) is 0. The third-order valence-electron chi connectivity index (χ3n) is 3.31. The summed E-state index contributed by atoms with van der Waals surface area (Å²) >= 11 is 0. The smallest absolute Gasteiger partial charge is 0.0515 e. The molecule has 0 bridgehead atoms. The molecule has 1 aromatic rings. The minimum atomic E-state index is 0.0991. The number of aromatic nitrogens is 1. The number of rotatable bonds is 0. The fourth-order valence-electron chi connectivity index (χ4n) is 2.56. The van der Waals surface area contributed by atoms with E-state index in [-0.39, 0.29) is 10.8 Å². The quantitative estimate of drug-likeness (QED) is 0.738. The average molecular weight is 232 g/mol. The number of hydrogen-bond donors (Lipinski definition) is 1. The van der Waals surface area contributed by atoms with Gasteiger partial charge in [0.1, 0.15) is 0 Å². The van der Waals surface area contributed by atoms with E-state index in [0.717, 1.165) is 13.0 Å². The van der Waals surface area contributed by atoms with E-state index in [2.05, 4.69) is 53.1 Å². The molecule has 0 amide bonds. The Morgan fingerprint density at radius 3 is 2.24 bits per heavy atom. The lowest BCUT2D eigenvalue weighted by Crippen LogP contribution is -2.25. The average Bonchev–Trinajstić information content (AvgIpc) is 2.59. The van der Waals surface area contributed by atoms with Crippen molar-refractivity contribution in [2.45, 2.75) is 58.8 Å². The first-order valence-electron chi connectivity index (χ1n) is 6.48. The zero-order chi connectivity index (χ0) is 12.8. The van der Waals surface area contributed by atoms with Gasteiger partial charge in [-0.15, -0.1) is 0 Å². The number of nitrogens with zero attached hydrogens (tertiary/aromatic N) is 1. The molecular weight excluding hydrogens is 208 g/mol. The number of pyridine rings is 1. The number of hydrogen-bond acceptors (Lipinski definition) is 2. The van der Waals surface area contributed by atoms with Crippen LogP contribution in [0.25, 0.3) is 0 Å². The number of nitrogens with one attached hydrogen (secondary N) is 1. The van der Waals surface area contributed by atoms with E-state index in [4.69, 9.17) is 4.98 Å². The Balaban J connectivity index is 2.70. The summed E-state index contributed by atoms with van der Waals surface area (Å²) in [4.78, 5) is 4.75. The highest BCUT2D eigenvalue weighted by Crippen LogP contribution is 2.40. The van der Waals surface area contributed by atoms with E-state index >= 15 is 0 Å². The van der Waals surface area contributed by atoms with E-state index in [1.54, 1.807) is 0 Å². The predicted octanol–water partition coefficient (Wildman–Crippen LogP) is 3.64. The van der Waals surface area contributed by atoms with Gasteiger partial charge in [0.15, 0.2) is 0 Å². The van der Waals surface area contributed by atoms with Crippen molar-refractivity contribution in [2.75, 3.05) is 11.9 Å². The van der Waals surface area contributed by atoms with E-state index in [1.165, 1.54) is 22.5 Å². The van der Waals surface area contributed by atoms with Crippen molar-refractivity contribution in [2.24, 2.45) is 0 Å². The van der Waals surface area contributed by atoms with Gasteiger partial charge in [-0.25, -0.2) is 0 Å². The molecule has 94 valence electrons. The van der Waals surface area contributed by atoms with Crippen LogP contribution in [0.5, 0.6) is 0 Å². The van der Waals surface area contributed by atoms with Crippen molar-refractivity contribution in [3.05, 3.63) is 23.0 Å². The molecule has 0 fully saturated rings. The molecule has 2 heterocycles. The highest BCUT2D eigenvalue weighted by Gasteiger charge is 2.31. The molecule has 2 rings (SSSR count). The van der Waals surface area contributed by atoms with Crippen LogP contribution in [0.3, 0.4) is 0 Å². The zero-order valence-corrected chi connectivity index (χ0v) is 11.9. The Hall–Kier alpha value is -1.05. The molecule has 0 spiro atoms. The second-order valence-electron chi connectivity index (χ2n) is 7.06. The van der Waals surface area contributed by atoms with Crippen LogP contribution in [0.1, 0.15) is 58.4 Å². The molecule has 0 atom stereocenters. The highest BCUT2D eigenvalue weighted by atomic mass is 14.9. The molecule has 0 saturated carbocycles. The van der Waals surface area contributed by atoms with Crippen molar-refractivity contribution in [3.8, 4) is 0 Å². The first-order chi connectivity index (χ1) is 7.71. The van der Waals surface area contributed by atoms with Crippen LogP contribution in [0.15, 0.2) is 6.20 Å². The molecule has 1 aromatic heterocycles. The summed E-state index contributed by atoms with van der Waals surface area (Å²) in [7, 11) is 0. The Bertz CT molecular complexity index is 433. The van der Waals surface area contributed by atoms with E-state index in [1.807, 2.05) is 0 Å². The van der Waals surface area contributed by atoms with Gasteiger partial charge in [-0.1, -0.05) is 41.5 Å². The van der Waals surface area contributed by atoms with Crippen LogP contribution in [0.2, 0.25) is 0 Å². The largest absolute Gasteiger partial charge is 0.384 e. The molecule has 17 heavy (non-hydrogen) atoms. The first-order valence-corrected chi connectivity index (χ1v) is 6.48. The second-order valence-corrected chi connectivity index (χ2v) is 7.06. The maximum atomic E-state index is 4.75. The van der Waals surface area contributed by atoms with E-state index in [0.29, 0.717) is 0 Å². The highest BCUT2D eigenvalue weighted by molar-refractivity contribution is 5.64. The fraction of sp³-hybridized carbons (Fsp3) is 0.667.